The monoisotopic (exact) mass is 503 g/mol. The minimum Gasteiger partial charge on any atom is -0.490 e. The van der Waals surface area contributed by atoms with Gasteiger partial charge in [-0.3, -0.25) is 9.59 Å². The molecule has 36 heavy (non-hydrogen) atoms. The number of ether oxygens (including phenoxy) is 2. The SMILES string of the molecule is CCOc1cc(/C=C(/C#N)C(=O)Nc2ccc(Cl)cc2)ccc1OCC(=O)Nc1ccc(C)cc1C. The first-order chi connectivity index (χ1) is 17.3. The van der Waals surface area contributed by atoms with Crippen molar-refractivity contribution in [3.05, 3.63) is 87.9 Å². The Morgan fingerprint density at radius 2 is 1.72 bits per heavy atom. The second-order valence-electron chi connectivity index (χ2n) is 7.93. The average molecular weight is 504 g/mol. The Hall–Kier alpha value is -4.28. The maximum Gasteiger partial charge on any atom is 0.266 e. The van der Waals surface area contributed by atoms with Crippen LogP contribution in [0.5, 0.6) is 11.5 Å². The Labute approximate surface area is 215 Å². The van der Waals surface area contributed by atoms with Gasteiger partial charge in [-0.15, -0.1) is 0 Å². The van der Waals surface area contributed by atoms with Crippen molar-refractivity contribution in [1.82, 2.24) is 0 Å². The summed E-state index contributed by atoms with van der Waals surface area (Å²) in [4.78, 5) is 25.0. The van der Waals surface area contributed by atoms with E-state index in [4.69, 9.17) is 21.1 Å². The van der Waals surface area contributed by atoms with Gasteiger partial charge in [0.2, 0.25) is 0 Å². The molecule has 0 saturated heterocycles. The molecule has 2 amide bonds. The van der Waals surface area contributed by atoms with Gasteiger partial charge in [0.15, 0.2) is 18.1 Å². The van der Waals surface area contributed by atoms with E-state index in [1.165, 1.54) is 6.08 Å². The number of aryl methyl sites for hydroxylation is 2. The van der Waals surface area contributed by atoms with Crippen LogP contribution in [-0.2, 0) is 9.59 Å². The molecule has 0 aromatic heterocycles. The van der Waals surface area contributed by atoms with Crippen molar-refractivity contribution < 1.29 is 19.1 Å². The fraction of sp³-hybridized carbons (Fsp3) is 0.179. The highest BCUT2D eigenvalue weighted by molar-refractivity contribution is 6.30. The Bertz CT molecular complexity index is 1330. The highest BCUT2D eigenvalue weighted by Crippen LogP contribution is 2.30. The molecule has 8 heteroatoms. The lowest BCUT2D eigenvalue weighted by molar-refractivity contribution is -0.118. The molecule has 2 N–H and O–H groups in total. The summed E-state index contributed by atoms with van der Waals surface area (Å²) in [7, 11) is 0. The second kappa shape index (κ2) is 12.4. The zero-order valence-electron chi connectivity index (χ0n) is 20.2. The number of nitriles is 1. The van der Waals surface area contributed by atoms with Crippen LogP contribution in [0.2, 0.25) is 5.02 Å². The lowest BCUT2D eigenvalue weighted by Gasteiger charge is -2.14. The van der Waals surface area contributed by atoms with Crippen LogP contribution in [-0.4, -0.2) is 25.0 Å². The largest absolute Gasteiger partial charge is 0.490 e. The number of amides is 2. The standard InChI is InChI=1S/C28H26ClN3O4/c1-4-35-26-15-20(14-21(16-30)28(34)31-23-9-7-22(29)8-10-23)6-12-25(26)36-17-27(33)32-24-11-5-18(2)13-19(24)3/h5-15H,4,17H2,1-3H3,(H,31,34)(H,32,33)/b21-14-. The van der Waals surface area contributed by atoms with Crippen molar-refractivity contribution in [3.63, 3.8) is 0 Å². The molecule has 3 aromatic carbocycles. The molecule has 0 radical (unpaired) electrons. The van der Waals surface area contributed by atoms with Crippen molar-refractivity contribution in [3.8, 4) is 17.6 Å². The molecule has 0 fully saturated rings. The zero-order valence-corrected chi connectivity index (χ0v) is 21.0. The molecule has 0 aliphatic heterocycles. The van der Waals surface area contributed by atoms with Gasteiger partial charge in [0, 0.05) is 16.4 Å². The number of rotatable bonds is 9. The van der Waals surface area contributed by atoms with E-state index in [0.29, 0.717) is 34.4 Å². The molecule has 184 valence electrons. The summed E-state index contributed by atoms with van der Waals surface area (Å²) in [6.07, 6.45) is 1.45. The molecule has 0 spiro atoms. The van der Waals surface area contributed by atoms with Crippen LogP contribution in [0.3, 0.4) is 0 Å². The number of carbonyl (C=O) groups excluding carboxylic acids is 2. The first kappa shape index (κ1) is 26.3. The van der Waals surface area contributed by atoms with E-state index >= 15 is 0 Å². The smallest absolute Gasteiger partial charge is 0.266 e. The summed E-state index contributed by atoms with van der Waals surface area (Å²) in [5.41, 5.74) is 3.79. The second-order valence-corrected chi connectivity index (χ2v) is 8.36. The lowest BCUT2D eigenvalue weighted by Crippen LogP contribution is -2.21. The van der Waals surface area contributed by atoms with Gasteiger partial charge in [-0.1, -0.05) is 35.4 Å². The maximum absolute atomic E-state index is 12.5. The third kappa shape index (κ3) is 7.36. The third-order valence-electron chi connectivity index (χ3n) is 5.06. The van der Waals surface area contributed by atoms with Crippen LogP contribution in [0.1, 0.15) is 23.6 Å². The minimum atomic E-state index is -0.554. The Kier molecular flexibility index (Phi) is 9.09. The van der Waals surface area contributed by atoms with Crippen molar-refractivity contribution in [2.45, 2.75) is 20.8 Å². The van der Waals surface area contributed by atoms with Crippen LogP contribution in [0.25, 0.3) is 6.08 Å². The summed E-state index contributed by atoms with van der Waals surface area (Å²) < 4.78 is 11.4. The molecule has 0 atom stereocenters. The fourth-order valence-corrected chi connectivity index (χ4v) is 3.46. The number of anilines is 2. The predicted molar refractivity (Wildman–Crippen MR) is 141 cm³/mol. The van der Waals surface area contributed by atoms with Gasteiger partial charge >= 0.3 is 0 Å². The molecule has 0 aliphatic carbocycles. The number of hydrogen-bond acceptors (Lipinski definition) is 5. The fourth-order valence-electron chi connectivity index (χ4n) is 3.33. The van der Waals surface area contributed by atoms with Crippen LogP contribution in [0.4, 0.5) is 11.4 Å². The van der Waals surface area contributed by atoms with Gasteiger partial charge in [-0.05, 0) is 80.4 Å². The topological polar surface area (TPSA) is 100 Å². The van der Waals surface area contributed by atoms with Gasteiger partial charge < -0.3 is 20.1 Å². The Morgan fingerprint density at radius 1 is 0.972 bits per heavy atom. The molecule has 7 nitrogen and oxygen atoms in total. The van der Waals surface area contributed by atoms with Crippen molar-refractivity contribution >= 4 is 40.9 Å². The highest BCUT2D eigenvalue weighted by Gasteiger charge is 2.13. The van der Waals surface area contributed by atoms with Crippen molar-refractivity contribution in [2.24, 2.45) is 0 Å². The van der Waals surface area contributed by atoms with Gasteiger partial charge in [-0.25, -0.2) is 0 Å². The van der Waals surface area contributed by atoms with Gasteiger partial charge in [0.25, 0.3) is 11.8 Å². The molecule has 0 saturated carbocycles. The molecule has 0 unspecified atom stereocenters. The molecule has 3 rings (SSSR count). The quantitative estimate of drug-likeness (QED) is 0.279. The van der Waals surface area contributed by atoms with Gasteiger partial charge in [-0.2, -0.15) is 5.26 Å². The Balaban J connectivity index is 1.70. The van der Waals surface area contributed by atoms with Crippen LogP contribution in [0, 0.1) is 25.2 Å². The number of hydrogen-bond donors (Lipinski definition) is 2. The summed E-state index contributed by atoms with van der Waals surface area (Å²) in [6, 6.07) is 19.2. The van der Waals surface area contributed by atoms with Crippen LogP contribution < -0.4 is 20.1 Å². The van der Waals surface area contributed by atoms with E-state index in [-0.39, 0.29) is 18.1 Å². The van der Waals surface area contributed by atoms with Crippen LogP contribution in [0.15, 0.2) is 66.2 Å². The van der Waals surface area contributed by atoms with Crippen molar-refractivity contribution in [2.75, 3.05) is 23.8 Å². The molecular formula is C28H26ClN3O4. The number of nitrogens with zero attached hydrogens (tertiary/aromatic N) is 1. The predicted octanol–water partition coefficient (Wildman–Crippen LogP) is 5.92. The van der Waals surface area contributed by atoms with Gasteiger partial charge in [0.05, 0.1) is 6.61 Å². The number of halogens is 1. The van der Waals surface area contributed by atoms with E-state index in [1.807, 2.05) is 45.0 Å². The minimum absolute atomic E-state index is 0.0890. The molecule has 3 aromatic rings. The first-order valence-corrected chi connectivity index (χ1v) is 11.6. The number of carbonyl (C=O) groups is 2. The summed E-state index contributed by atoms with van der Waals surface area (Å²) in [6.45, 7) is 5.88. The number of benzene rings is 3. The van der Waals surface area contributed by atoms with E-state index in [9.17, 15) is 14.9 Å². The average Bonchev–Trinajstić information content (AvgIpc) is 2.85. The zero-order chi connectivity index (χ0) is 26.1. The van der Waals surface area contributed by atoms with E-state index in [2.05, 4.69) is 10.6 Å². The Morgan fingerprint density at radius 3 is 2.39 bits per heavy atom. The highest BCUT2D eigenvalue weighted by atomic mass is 35.5. The molecule has 0 aliphatic rings. The molecular weight excluding hydrogens is 478 g/mol. The van der Waals surface area contributed by atoms with Crippen molar-refractivity contribution in [1.29, 1.82) is 5.26 Å². The summed E-state index contributed by atoms with van der Waals surface area (Å²) in [5, 5.41) is 15.5. The summed E-state index contributed by atoms with van der Waals surface area (Å²) in [5.74, 6) is -0.102. The molecule has 0 bridgehead atoms. The normalized spacial score (nSPS) is 10.8. The van der Waals surface area contributed by atoms with Crippen LogP contribution >= 0.6 is 11.6 Å². The summed E-state index contributed by atoms with van der Waals surface area (Å²) >= 11 is 5.87. The van der Waals surface area contributed by atoms with E-state index in [0.717, 1.165) is 16.8 Å². The lowest BCUT2D eigenvalue weighted by atomic mass is 10.1. The van der Waals surface area contributed by atoms with E-state index < -0.39 is 5.91 Å². The first-order valence-electron chi connectivity index (χ1n) is 11.2. The number of nitrogens with one attached hydrogen (secondary N) is 2. The van der Waals surface area contributed by atoms with Gasteiger partial charge in [0.1, 0.15) is 11.6 Å². The van der Waals surface area contributed by atoms with E-state index in [1.54, 1.807) is 42.5 Å². The maximum atomic E-state index is 12.5. The molecule has 0 heterocycles. The third-order valence-corrected chi connectivity index (χ3v) is 5.31.